The number of alkyl halides is 1. The van der Waals surface area contributed by atoms with Crippen LogP contribution < -0.4 is 0 Å². The van der Waals surface area contributed by atoms with Crippen LogP contribution in [0.3, 0.4) is 0 Å². The summed E-state index contributed by atoms with van der Waals surface area (Å²) in [4.78, 5) is 21.7. The zero-order chi connectivity index (χ0) is 10.0. The fourth-order valence-corrected chi connectivity index (χ4v) is 2.36. The molecule has 0 saturated heterocycles. The van der Waals surface area contributed by atoms with Crippen molar-refractivity contribution in [2.45, 2.75) is 31.0 Å². The second kappa shape index (κ2) is 4.22. The van der Waals surface area contributed by atoms with Crippen LogP contribution in [0.4, 0.5) is 0 Å². The Morgan fingerprint density at radius 3 is 2.77 bits per heavy atom. The molecule has 0 amide bonds. The van der Waals surface area contributed by atoms with E-state index in [1.807, 2.05) is 0 Å². The van der Waals surface area contributed by atoms with Gasteiger partial charge in [-0.15, -0.1) is 0 Å². The number of halogens is 1. The maximum absolute atomic E-state index is 11.1. The summed E-state index contributed by atoms with van der Waals surface area (Å²) >= 11 is 3.27. The van der Waals surface area contributed by atoms with E-state index in [0.717, 1.165) is 0 Å². The Balaban J connectivity index is 2.55. The highest BCUT2D eigenvalue weighted by atomic mass is 79.9. The van der Waals surface area contributed by atoms with Gasteiger partial charge in [0, 0.05) is 6.42 Å². The van der Waals surface area contributed by atoms with Crippen molar-refractivity contribution in [2.75, 3.05) is 0 Å². The molecule has 0 spiro atoms. The van der Waals surface area contributed by atoms with E-state index in [0.29, 0.717) is 19.3 Å². The fraction of sp³-hybridized carbons (Fsp3) is 0.778. The van der Waals surface area contributed by atoms with Crippen molar-refractivity contribution < 1.29 is 14.7 Å². The lowest BCUT2D eigenvalue weighted by Gasteiger charge is -2.27. The molecule has 3 nitrogen and oxygen atoms in total. The van der Waals surface area contributed by atoms with Crippen molar-refractivity contribution in [3.63, 3.8) is 0 Å². The molecule has 0 aromatic carbocycles. The lowest BCUT2D eigenvalue weighted by atomic mass is 9.80. The van der Waals surface area contributed by atoms with E-state index in [2.05, 4.69) is 15.9 Å². The van der Waals surface area contributed by atoms with Gasteiger partial charge in [0.05, 0.1) is 10.7 Å². The Morgan fingerprint density at radius 1 is 1.69 bits per heavy atom. The third kappa shape index (κ3) is 2.53. The first-order valence-electron chi connectivity index (χ1n) is 4.42. The SMILES string of the molecule is CC(C(=O)O)C1CCC(=O)C(Br)C1. The summed E-state index contributed by atoms with van der Waals surface area (Å²) < 4.78 is 0. The number of aliphatic carboxylic acids is 1. The highest BCUT2D eigenvalue weighted by Crippen LogP contribution is 2.31. The van der Waals surface area contributed by atoms with Gasteiger partial charge in [-0.2, -0.15) is 0 Å². The maximum Gasteiger partial charge on any atom is 0.306 e. The van der Waals surface area contributed by atoms with Gasteiger partial charge in [0.2, 0.25) is 0 Å². The average molecular weight is 249 g/mol. The minimum absolute atomic E-state index is 0.131. The molecule has 0 heterocycles. The summed E-state index contributed by atoms with van der Waals surface area (Å²) in [5.41, 5.74) is 0. The predicted octanol–water partition coefficient (Wildman–Crippen LogP) is 1.84. The molecule has 4 heteroatoms. The summed E-state index contributed by atoms with van der Waals surface area (Å²) in [6, 6.07) is 0. The molecule has 1 N–H and O–H groups in total. The molecular formula is C9H13BrO3. The van der Waals surface area contributed by atoms with Crippen LogP contribution in [-0.2, 0) is 9.59 Å². The van der Waals surface area contributed by atoms with Crippen LogP contribution >= 0.6 is 15.9 Å². The van der Waals surface area contributed by atoms with E-state index in [9.17, 15) is 9.59 Å². The first kappa shape index (κ1) is 10.7. The van der Waals surface area contributed by atoms with Gasteiger partial charge in [-0.3, -0.25) is 9.59 Å². The molecule has 0 aromatic rings. The van der Waals surface area contributed by atoms with E-state index in [-0.39, 0.29) is 22.4 Å². The Bertz CT molecular complexity index is 227. The standard InChI is InChI=1S/C9H13BrO3/c1-5(9(12)13)6-2-3-8(11)7(10)4-6/h5-7H,2-4H2,1H3,(H,12,13). The van der Waals surface area contributed by atoms with Crippen LogP contribution in [0.15, 0.2) is 0 Å². The monoisotopic (exact) mass is 248 g/mol. The lowest BCUT2D eigenvalue weighted by molar-refractivity contribution is -0.144. The van der Waals surface area contributed by atoms with E-state index in [4.69, 9.17) is 5.11 Å². The Labute approximate surface area is 85.6 Å². The summed E-state index contributed by atoms with van der Waals surface area (Å²) in [6.07, 6.45) is 1.89. The number of Topliss-reactive ketones (excluding diaryl/α,β-unsaturated/α-hetero) is 1. The zero-order valence-corrected chi connectivity index (χ0v) is 9.08. The number of hydrogen-bond acceptors (Lipinski definition) is 2. The molecule has 1 aliphatic rings. The molecule has 74 valence electrons. The third-order valence-electron chi connectivity index (χ3n) is 2.72. The summed E-state index contributed by atoms with van der Waals surface area (Å²) in [5, 5.41) is 8.79. The minimum Gasteiger partial charge on any atom is -0.481 e. The predicted molar refractivity (Wildman–Crippen MR) is 51.9 cm³/mol. The molecule has 0 aromatic heterocycles. The molecule has 1 fully saturated rings. The first-order chi connectivity index (χ1) is 6.02. The Hall–Kier alpha value is -0.380. The van der Waals surface area contributed by atoms with Gasteiger partial charge in [-0.25, -0.2) is 0 Å². The fourth-order valence-electron chi connectivity index (χ4n) is 1.66. The van der Waals surface area contributed by atoms with Crippen molar-refractivity contribution in [3.05, 3.63) is 0 Å². The van der Waals surface area contributed by atoms with Crippen molar-refractivity contribution in [3.8, 4) is 0 Å². The number of carbonyl (C=O) groups excluding carboxylic acids is 1. The van der Waals surface area contributed by atoms with Gasteiger partial charge in [-0.1, -0.05) is 22.9 Å². The zero-order valence-electron chi connectivity index (χ0n) is 7.50. The number of ketones is 1. The molecule has 1 rings (SSSR count). The normalized spacial score (nSPS) is 31.4. The molecule has 1 aliphatic carbocycles. The Kier molecular flexibility index (Phi) is 3.47. The highest BCUT2D eigenvalue weighted by Gasteiger charge is 2.32. The van der Waals surface area contributed by atoms with Gasteiger partial charge in [0.15, 0.2) is 0 Å². The molecule has 1 saturated carbocycles. The van der Waals surface area contributed by atoms with E-state index >= 15 is 0 Å². The van der Waals surface area contributed by atoms with Crippen LogP contribution in [0, 0.1) is 11.8 Å². The number of carbonyl (C=O) groups is 2. The van der Waals surface area contributed by atoms with Gasteiger partial charge in [-0.05, 0) is 18.8 Å². The third-order valence-corrected chi connectivity index (χ3v) is 3.60. The molecule has 0 bridgehead atoms. The molecular weight excluding hydrogens is 236 g/mol. The Morgan fingerprint density at radius 2 is 2.31 bits per heavy atom. The van der Waals surface area contributed by atoms with Crippen LogP contribution in [0.5, 0.6) is 0 Å². The summed E-state index contributed by atoms with van der Waals surface area (Å²) in [6.45, 7) is 1.71. The smallest absolute Gasteiger partial charge is 0.306 e. The maximum atomic E-state index is 11.1. The summed E-state index contributed by atoms with van der Waals surface area (Å²) in [5.74, 6) is -0.763. The second-order valence-corrected chi connectivity index (χ2v) is 4.70. The molecule has 0 aliphatic heterocycles. The van der Waals surface area contributed by atoms with Crippen LogP contribution in [0.2, 0.25) is 0 Å². The van der Waals surface area contributed by atoms with E-state index in [1.54, 1.807) is 6.92 Å². The van der Waals surface area contributed by atoms with Crippen molar-refractivity contribution >= 4 is 27.7 Å². The van der Waals surface area contributed by atoms with Gasteiger partial charge in [0.25, 0.3) is 0 Å². The largest absolute Gasteiger partial charge is 0.481 e. The van der Waals surface area contributed by atoms with Crippen molar-refractivity contribution in [1.29, 1.82) is 0 Å². The lowest BCUT2D eigenvalue weighted by Crippen LogP contribution is -2.31. The van der Waals surface area contributed by atoms with Gasteiger partial charge >= 0.3 is 5.97 Å². The van der Waals surface area contributed by atoms with Gasteiger partial charge in [0.1, 0.15) is 5.78 Å². The van der Waals surface area contributed by atoms with E-state index in [1.165, 1.54) is 0 Å². The molecule has 0 radical (unpaired) electrons. The van der Waals surface area contributed by atoms with E-state index < -0.39 is 5.97 Å². The number of carboxylic acid groups (broad SMARTS) is 1. The van der Waals surface area contributed by atoms with Crippen molar-refractivity contribution in [2.24, 2.45) is 11.8 Å². The number of carboxylic acids is 1. The highest BCUT2D eigenvalue weighted by molar-refractivity contribution is 9.10. The van der Waals surface area contributed by atoms with Crippen LogP contribution in [0.25, 0.3) is 0 Å². The van der Waals surface area contributed by atoms with Crippen molar-refractivity contribution in [1.82, 2.24) is 0 Å². The second-order valence-electron chi connectivity index (χ2n) is 3.60. The van der Waals surface area contributed by atoms with Crippen LogP contribution in [-0.4, -0.2) is 21.7 Å². The number of rotatable bonds is 2. The number of hydrogen-bond donors (Lipinski definition) is 1. The minimum atomic E-state index is -0.765. The first-order valence-corrected chi connectivity index (χ1v) is 5.33. The quantitative estimate of drug-likeness (QED) is 0.759. The molecule has 13 heavy (non-hydrogen) atoms. The summed E-state index contributed by atoms with van der Waals surface area (Å²) in [7, 11) is 0. The van der Waals surface area contributed by atoms with Gasteiger partial charge < -0.3 is 5.11 Å². The van der Waals surface area contributed by atoms with Crippen LogP contribution in [0.1, 0.15) is 26.2 Å². The molecule has 3 unspecified atom stereocenters. The average Bonchev–Trinajstić information content (AvgIpc) is 2.08. The topological polar surface area (TPSA) is 54.4 Å². The molecule has 3 atom stereocenters.